The van der Waals surface area contributed by atoms with Gasteiger partial charge < -0.3 is 14.6 Å². The van der Waals surface area contributed by atoms with Crippen LogP contribution in [0.1, 0.15) is 48.7 Å². The SMILES string of the molecule is Cc1onc(-c2ccccc2)c1C(=O)OCC(=O)NC1CCCCC1C. The van der Waals surface area contributed by atoms with Crippen molar-refractivity contribution in [3.8, 4) is 11.3 Å². The summed E-state index contributed by atoms with van der Waals surface area (Å²) in [6.07, 6.45) is 4.42. The Morgan fingerprint density at radius 3 is 2.69 bits per heavy atom. The minimum Gasteiger partial charge on any atom is -0.452 e. The summed E-state index contributed by atoms with van der Waals surface area (Å²) in [4.78, 5) is 24.6. The third-order valence-corrected chi connectivity index (χ3v) is 4.91. The first kappa shape index (κ1) is 18.2. The molecule has 3 rings (SSSR count). The zero-order valence-electron chi connectivity index (χ0n) is 15.2. The summed E-state index contributed by atoms with van der Waals surface area (Å²) in [5.41, 5.74) is 1.45. The summed E-state index contributed by atoms with van der Waals surface area (Å²) in [5, 5.41) is 6.94. The van der Waals surface area contributed by atoms with Crippen molar-refractivity contribution in [3.63, 3.8) is 0 Å². The summed E-state index contributed by atoms with van der Waals surface area (Å²) in [6.45, 7) is 3.49. The molecular weight excluding hydrogens is 332 g/mol. The van der Waals surface area contributed by atoms with Crippen molar-refractivity contribution in [1.29, 1.82) is 0 Å². The number of esters is 1. The molecule has 2 atom stereocenters. The van der Waals surface area contributed by atoms with E-state index in [0.29, 0.717) is 17.4 Å². The van der Waals surface area contributed by atoms with Gasteiger partial charge in [-0.2, -0.15) is 0 Å². The molecular formula is C20H24N2O4. The zero-order valence-corrected chi connectivity index (χ0v) is 15.2. The average molecular weight is 356 g/mol. The zero-order chi connectivity index (χ0) is 18.5. The summed E-state index contributed by atoms with van der Waals surface area (Å²) >= 11 is 0. The molecule has 1 amide bonds. The number of aromatic nitrogens is 1. The van der Waals surface area contributed by atoms with Crippen LogP contribution in [0.5, 0.6) is 0 Å². The van der Waals surface area contributed by atoms with Crippen LogP contribution in [0.3, 0.4) is 0 Å². The maximum atomic E-state index is 12.5. The van der Waals surface area contributed by atoms with E-state index < -0.39 is 5.97 Å². The molecule has 0 aliphatic heterocycles. The molecule has 138 valence electrons. The Bertz CT molecular complexity index is 769. The number of hydrogen-bond acceptors (Lipinski definition) is 5. The number of aryl methyl sites for hydroxylation is 1. The summed E-state index contributed by atoms with van der Waals surface area (Å²) in [6, 6.07) is 9.43. The Morgan fingerprint density at radius 1 is 1.23 bits per heavy atom. The van der Waals surface area contributed by atoms with Crippen LogP contribution in [0, 0.1) is 12.8 Å². The fourth-order valence-electron chi connectivity index (χ4n) is 3.39. The van der Waals surface area contributed by atoms with Gasteiger partial charge in [-0.3, -0.25) is 4.79 Å². The fraction of sp³-hybridized carbons (Fsp3) is 0.450. The maximum absolute atomic E-state index is 12.5. The number of carbonyl (C=O) groups excluding carboxylic acids is 2. The van der Waals surface area contributed by atoms with E-state index in [4.69, 9.17) is 9.26 Å². The van der Waals surface area contributed by atoms with Crippen LogP contribution >= 0.6 is 0 Å². The highest BCUT2D eigenvalue weighted by Crippen LogP contribution is 2.26. The minimum atomic E-state index is -0.602. The molecule has 1 N–H and O–H groups in total. The number of carbonyl (C=O) groups is 2. The van der Waals surface area contributed by atoms with Gasteiger partial charge >= 0.3 is 5.97 Å². The number of nitrogens with one attached hydrogen (secondary N) is 1. The Balaban J connectivity index is 1.62. The molecule has 2 unspecified atom stereocenters. The molecule has 1 aromatic carbocycles. The number of benzene rings is 1. The van der Waals surface area contributed by atoms with Crippen molar-refractivity contribution >= 4 is 11.9 Å². The highest BCUT2D eigenvalue weighted by Gasteiger charge is 2.25. The van der Waals surface area contributed by atoms with Gasteiger partial charge in [-0.15, -0.1) is 0 Å². The van der Waals surface area contributed by atoms with Crippen LogP contribution in [0.25, 0.3) is 11.3 Å². The van der Waals surface area contributed by atoms with E-state index >= 15 is 0 Å². The average Bonchev–Trinajstić information content (AvgIpc) is 3.04. The number of amides is 1. The molecule has 0 saturated heterocycles. The van der Waals surface area contributed by atoms with Gasteiger partial charge in [0.05, 0.1) is 0 Å². The Hall–Kier alpha value is -2.63. The predicted octanol–water partition coefficient (Wildman–Crippen LogP) is 3.50. The molecule has 0 radical (unpaired) electrons. The van der Waals surface area contributed by atoms with Gasteiger partial charge in [-0.05, 0) is 25.7 Å². The number of nitrogens with zero attached hydrogens (tertiary/aromatic N) is 1. The van der Waals surface area contributed by atoms with Gasteiger partial charge in [0.1, 0.15) is 17.0 Å². The van der Waals surface area contributed by atoms with E-state index in [0.717, 1.165) is 24.8 Å². The lowest BCUT2D eigenvalue weighted by atomic mass is 9.86. The van der Waals surface area contributed by atoms with E-state index in [9.17, 15) is 9.59 Å². The topological polar surface area (TPSA) is 81.4 Å². The van der Waals surface area contributed by atoms with Crippen LogP contribution in [0.4, 0.5) is 0 Å². The van der Waals surface area contributed by atoms with Crippen LogP contribution in [-0.4, -0.2) is 29.7 Å². The quantitative estimate of drug-likeness (QED) is 0.829. The van der Waals surface area contributed by atoms with E-state index in [1.807, 2.05) is 30.3 Å². The summed E-state index contributed by atoms with van der Waals surface area (Å²) in [5.74, 6) is -0.0505. The van der Waals surface area contributed by atoms with Gasteiger partial charge in [0.25, 0.3) is 5.91 Å². The van der Waals surface area contributed by atoms with Crippen molar-refractivity contribution in [2.24, 2.45) is 5.92 Å². The molecule has 1 fully saturated rings. The first-order valence-corrected chi connectivity index (χ1v) is 9.04. The molecule has 2 aromatic rings. The Morgan fingerprint density at radius 2 is 1.96 bits per heavy atom. The number of ether oxygens (including phenoxy) is 1. The second-order valence-corrected chi connectivity index (χ2v) is 6.84. The van der Waals surface area contributed by atoms with Crippen molar-refractivity contribution in [3.05, 3.63) is 41.7 Å². The van der Waals surface area contributed by atoms with Gasteiger partial charge in [0.2, 0.25) is 0 Å². The highest BCUT2D eigenvalue weighted by atomic mass is 16.5. The van der Waals surface area contributed by atoms with E-state index in [2.05, 4.69) is 17.4 Å². The molecule has 1 aliphatic rings. The molecule has 6 nitrogen and oxygen atoms in total. The lowest BCUT2D eigenvalue weighted by molar-refractivity contribution is -0.125. The second-order valence-electron chi connectivity index (χ2n) is 6.84. The lowest BCUT2D eigenvalue weighted by Gasteiger charge is -2.29. The van der Waals surface area contributed by atoms with Crippen LogP contribution in [0.15, 0.2) is 34.9 Å². The number of hydrogen-bond donors (Lipinski definition) is 1. The van der Waals surface area contributed by atoms with Crippen molar-refractivity contribution in [1.82, 2.24) is 10.5 Å². The first-order chi connectivity index (χ1) is 12.6. The molecule has 0 spiro atoms. The van der Waals surface area contributed by atoms with E-state index in [-0.39, 0.29) is 24.1 Å². The second kappa shape index (κ2) is 8.17. The van der Waals surface area contributed by atoms with E-state index in [1.54, 1.807) is 6.92 Å². The standard InChI is InChI=1S/C20H24N2O4/c1-13-8-6-7-11-16(13)21-17(23)12-25-20(24)18-14(2)26-22-19(18)15-9-4-3-5-10-15/h3-5,9-10,13,16H,6-8,11-12H2,1-2H3,(H,21,23). The molecule has 1 saturated carbocycles. The van der Waals surface area contributed by atoms with Crippen molar-refractivity contribution < 1.29 is 18.8 Å². The Kier molecular flexibility index (Phi) is 5.71. The highest BCUT2D eigenvalue weighted by molar-refractivity contribution is 5.98. The number of rotatable bonds is 5. The fourth-order valence-corrected chi connectivity index (χ4v) is 3.39. The van der Waals surface area contributed by atoms with Gasteiger partial charge in [0.15, 0.2) is 6.61 Å². The molecule has 26 heavy (non-hydrogen) atoms. The first-order valence-electron chi connectivity index (χ1n) is 9.04. The van der Waals surface area contributed by atoms with Crippen LogP contribution in [-0.2, 0) is 9.53 Å². The molecule has 1 heterocycles. The smallest absolute Gasteiger partial charge is 0.344 e. The van der Waals surface area contributed by atoms with Gasteiger partial charge in [0, 0.05) is 11.6 Å². The minimum absolute atomic E-state index is 0.159. The summed E-state index contributed by atoms with van der Waals surface area (Å²) in [7, 11) is 0. The van der Waals surface area contributed by atoms with Crippen molar-refractivity contribution in [2.75, 3.05) is 6.61 Å². The molecule has 1 aliphatic carbocycles. The Labute approximate surface area is 152 Å². The molecule has 0 bridgehead atoms. The van der Waals surface area contributed by atoms with Crippen molar-refractivity contribution in [2.45, 2.75) is 45.6 Å². The third-order valence-electron chi connectivity index (χ3n) is 4.91. The monoisotopic (exact) mass is 356 g/mol. The van der Waals surface area contributed by atoms with E-state index in [1.165, 1.54) is 6.42 Å². The van der Waals surface area contributed by atoms with Gasteiger partial charge in [-0.25, -0.2) is 4.79 Å². The predicted molar refractivity (Wildman–Crippen MR) is 96.5 cm³/mol. The largest absolute Gasteiger partial charge is 0.452 e. The third kappa shape index (κ3) is 4.12. The summed E-state index contributed by atoms with van der Waals surface area (Å²) < 4.78 is 10.4. The normalized spacial score (nSPS) is 19.8. The lowest BCUT2D eigenvalue weighted by Crippen LogP contribution is -2.42. The molecule has 1 aromatic heterocycles. The maximum Gasteiger partial charge on any atom is 0.344 e. The van der Waals surface area contributed by atoms with Crippen LogP contribution < -0.4 is 5.32 Å². The molecule has 6 heteroatoms. The van der Waals surface area contributed by atoms with Gasteiger partial charge in [-0.1, -0.05) is 55.3 Å². The van der Waals surface area contributed by atoms with Crippen LogP contribution in [0.2, 0.25) is 0 Å².